The van der Waals surface area contributed by atoms with Crippen molar-refractivity contribution in [3.63, 3.8) is 0 Å². The van der Waals surface area contributed by atoms with Gasteiger partial charge in [0.05, 0.1) is 24.2 Å². The van der Waals surface area contributed by atoms with E-state index in [2.05, 4.69) is 10.5 Å². The van der Waals surface area contributed by atoms with Gasteiger partial charge in [-0.25, -0.2) is 4.79 Å². The Morgan fingerprint density at radius 2 is 1.72 bits per heavy atom. The summed E-state index contributed by atoms with van der Waals surface area (Å²) in [5.41, 5.74) is 2.10. The molecule has 1 amide bonds. The van der Waals surface area contributed by atoms with E-state index in [0.717, 1.165) is 18.7 Å². The molecule has 0 spiro atoms. The molecule has 0 saturated heterocycles. The van der Waals surface area contributed by atoms with Gasteiger partial charge in [0, 0.05) is 19.3 Å². The van der Waals surface area contributed by atoms with Crippen LogP contribution in [0.5, 0.6) is 0 Å². The predicted molar refractivity (Wildman–Crippen MR) is 112 cm³/mol. The Balaban J connectivity index is 2.09. The Bertz CT molecular complexity index is 1080. The fourth-order valence-electron chi connectivity index (χ4n) is 3.61. The van der Waals surface area contributed by atoms with E-state index in [1.807, 2.05) is 30.3 Å². The van der Waals surface area contributed by atoms with Gasteiger partial charge in [-0.3, -0.25) is 10.2 Å². The number of carbonyl (C=O) groups excluding carboxylic acids is 2. The zero-order chi connectivity index (χ0) is 23.5. The number of hydrogen-bond donors (Lipinski definition) is 1. The summed E-state index contributed by atoms with van der Waals surface area (Å²) in [6.45, 7) is 1.70. The standard InChI is InChI=1S/C23H22F3N3O3/c1-14-18(22(31)32-3)19(16-11-7-8-12-17(16)23(24,25)26)20(28-27-14)21(30)29(2)13-15-9-5-4-6-10-15/h4-12,19,27H,13H2,1-3H3. The lowest BCUT2D eigenvalue weighted by Crippen LogP contribution is -2.42. The first-order valence-electron chi connectivity index (χ1n) is 9.73. The predicted octanol–water partition coefficient (Wildman–Crippen LogP) is 3.85. The maximum Gasteiger partial charge on any atom is 0.416 e. The zero-order valence-electron chi connectivity index (χ0n) is 17.7. The quantitative estimate of drug-likeness (QED) is 0.710. The van der Waals surface area contributed by atoms with E-state index in [1.54, 1.807) is 0 Å². The molecule has 2 aromatic rings. The number of halogens is 3. The van der Waals surface area contributed by atoms with E-state index in [-0.39, 0.29) is 29.1 Å². The molecule has 0 bridgehead atoms. The van der Waals surface area contributed by atoms with Crippen LogP contribution in [-0.2, 0) is 27.0 Å². The first kappa shape index (κ1) is 23.1. The minimum atomic E-state index is -4.69. The molecule has 6 nitrogen and oxygen atoms in total. The summed E-state index contributed by atoms with van der Waals surface area (Å²) in [6, 6.07) is 14.0. The van der Waals surface area contributed by atoms with Crippen LogP contribution in [0, 0.1) is 0 Å². The smallest absolute Gasteiger partial charge is 0.416 e. The Morgan fingerprint density at radius 1 is 1.09 bits per heavy atom. The molecule has 1 N–H and O–H groups in total. The molecule has 1 atom stereocenters. The molecule has 0 aliphatic carbocycles. The number of carbonyl (C=O) groups is 2. The van der Waals surface area contributed by atoms with Crippen LogP contribution in [0.25, 0.3) is 0 Å². The van der Waals surface area contributed by atoms with Crippen LogP contribution in [0.15, 0.2) is 71.0 Å². The number of amides is 1. The summed E-state index contributed by atoms with van der Waals surface area (Å²) in [5, 5.41) is 4.06. The molecule has 0 aromatic heterocycles. The highest BCUT2D eigenvalue weighted by Crippen LogP contribution is 2.40. The summed E-state index contributed by atoms with van der Waals surface area (Å²) in [5.74, 6) is -2.81. The fourth-order valence-corrected chi connectivity index (χ4v) is 3.61. The number of alkyl halides is 3. The van der Waals surface area contributed by atoms with Crippen LogP contribution in [0.2, 0.25) is 0 Å². The molecular weight excluding hydrogens is 423 g/mol. The summed E-state index contributed by atoms with van der Waals surface area (Å²) < 4.78 is 46.2. The molecule has 1 aliphatic rings. The summed E-state index contributed by atoms with van der Waals surface area (Å²) >= 11 is 0. The van der Waals surface area contributed by atoms with Gasteiger partial charge >= 0.3 is 12.1 Å². The monoisotopic (exact) mass is 445 g/mol. The van der Waals surface area contributed by atoms with Crippen LogP contribution >= 0.6 is 0 Å². The Hall–Kier alpha value is -3.62. The Labute approximate surface area is 183 Å². The first-order valence-corrected chi connectivity index (χ1v) is 9.73. The molecule has 0 radical (unpaired) electrons. The van der Waals surface area contributed by atoms with Gasteiger partial charge in [-0.05, 0) is 24.1 Å². The number of nitrogens with one attached hydrogen (secondary N) is 1. The highest BCUT2D eigenvalue weighted by Gasteiger charge is 2.43. The number of methoxy groups -OCH3 is 1. The van der Waals surface area contributed by atoms with Crippen molar-refractivity contribution >= 4 is 17.6 Å². The van der Waals surface area contributed by atoms with E-state index in [1.165, 1.54) is 37.1 Å². The van der Waals surface area contributed by atoms with Gasteiger partial charge in [-0.1, -0.05) is 48.5 Å². The Kier molecular flexibility index (Phi) is 6.67. The van der Waals surface area contributed by atoms with E-state index in [4.69, 9.17) is 4.74 Å². The van der Waals surface area contributed by atoms with Crippen molar-refractivity contribution in [2.24, 2.45) is 5.10 Å². The van der Waals surface area contributed by atoms with Crippen molar-refractivity contribution in [2.75, 3.05) is 14.2 Å². The largest absolute Gasteiger partial charge is 0.466 e. The summed E-state index contributed by atoms with van der Waals surface area (Å²) in [4.78, 5) is 27.2. The van der Waals surface area contributed by atoms with Gasteiger partial charge in [0.1, 0.15) is 5.71 Å². The van der Waals surface area contributed by atoms with Crippen molar-refractivity contribution in [1.82, 2.24) is 10.3 Å². The highest BCUT2D eigenvalue weighted by atomic mass is 19.4. The van der Waals surface area contributed by atoms with Crippen LogP contribution in [0.4, 0.5) is 13.2 Å². The van der Waals surface area contributed by atoms with Crippen LogP contribution < -0.4 is 5.43 Å². The van der Waals surface area contributed by atoms with Crippen molar-refractivity contribution in [3.05, 3.63) is 82.6 Å². The minimum Gasteiger partial charge on any atom is -0.466 e. The molecule has 32 heavy (non-hydrogen) atoms. The number of allylic oxidation sites excluding steroid dienone is 1. The third kappa shape index (κ3) is 4.66. The number of ether oxygens (including phenoxy) is 1. The van der Waals surface area contributed by atoms with Crippen molar-refractivity contribution in [1.29, 1.82) is 0 Å². The van der Waals surface area contributed by atoms with E-state index < -0.39 is 29.5 Å². The van der Waals surface area contributed by atoms with E-state index >= 15 is 0 Å². The third-order valence-electron chi connectivity index (χ3n) is 5.12. The van der Waals surface area contributed by atoms with Gasteiger partial charge in [-0.2, -0.15) is 18.3 Å². The molecule has 168 valence electrons. The second kappa shape index (κ2) is 9.25. The van der Waals surface area contributed by atoms with Gasteiger partial charge in [0.15, 0.2) is 0 Å². The van der Waals surface area contributed by atoms with Crippen molar-refractivity contribution in [2.45, 2.75) is 25.6 Å². The zero-order valence-corrected chi connectivity index (χ0v) is 17.7. The third-order valence-corrected chi connectivity index (χ3v) is 5.12. The molecular formula is C23H22F3N3O3. The van der Waals surface area contributed by atoms with Gasteiger partial charge in [-0.15, -0.1) is 0 Å². The molecule has 2 aromatic carbocycles. The van der Waals surface area contributed by atoms with Gasteiger partial charge in [0.25, 0.3) is 5.91 Å². The molecule has 0 fully saturated rings. The van der Waals surface area contributed by atoms with Gasteiger partial charge in [0.2, 0.25) is 0 Å². The topological polar surface area (TPSA) is 71.0 Å². The normalized spacial score (nSPS) is 16.2. The average molecular weight is 445 g/mol. The molecule has 3 rings (SSSR count). The second-order valence-corrected chi connectivity index (χ2v) is 7.30. The lowest BCUT2D eigenvalue weighted by atomic mass is 9.81. The van der Waals surface area contributed by atoms with Crippen molar-refractivity contribution in [3.8, 4) is 0 Å². The van der Waals surface area contributed by atoms with Crippen LogP contribution in [0.3, 0.4) is 0 Å². The first-order chi connectivity index (χ1) is 15.1. The minimum absolute atomic E-state index is 0.101. The molecule has 9 heteroatoms. The van der Waals surface area contributed by atoms with Crippen LogP contribution in [0.1, 0.15) is 29.5 Å². The molecule has 1 unspecified atom stereocenters. The molecule has 1 aliphatic heterocycles. The molecule has 0 saturated carbocycles. The SMILES string of the molecule is COC(=O)C1=C(C)NN=C(C(=O)N(C)Cc2ccccc2)C1c1ccccc1C(F)(F)F. The number of hydrazone groups is 1. The summed E-state index contributed by atoms with van der Waals surface area (Å²) in [6.07, 6.45) is -4.69. The highest BCUT2D eigenvalue weighted by molar-refractivity contribution is 6.42. The fraction of sp³-hybridized carbons (Fsp3) is 0.261. The number of nitrogens with zero attached hydrogens (tertiary/aromatic N) is 2. The lowest BCUT2D eigenvalue weighted by Gasteiger charge is -2.30. The van der Waals surface area contributed by atoms with E-state index in [0.29, 0.717) is 0 Å². The van der Waals surface area contributed by atoms with E-state index in [9.17, 15) is 22.8 Å². The maximum absolute atomic E-state index is 13.8. The number of rotatable bonds is 5. The molecule has 1 heterocycles. The average Bonchev–Trinajstić information content (AvgIpc) is 2.78. The van der Waals surface area contributed by atoms with Crippen molar-refractivity contribution < 1.29 is 27.5 Å². The number of esters is 1. The van der Waals surface area contributed by atoms with Crippen LogP contribution in [-0.4, -0.2) is 36.6 Å². The Morgan fingerprint density at radius 3 is 2.34 bits per heavy atom. The number of hydrogen-bond acceptors (Lipinski definition) is 5. The maximum atomic E-state index is 13.8. The van der Waals surface area contributed by atoms with Gasteiger partial charge < -0.3 is 9.64 Å². The lowest BCUT2D eigenvalue weighted by molar-refractivity contribution is -0.139. The second-order valence-electron chi connectivity index (χ2n) is 7.30. The summed E-state index contributed by atoms with van der Waals surface area (Å²) in [7, 11) is 2.65. The number of benzene rings is 2.